The standard InChI is InChI=1S/C14H22N2O/c1-4-9-15-10-11-16(2)12-13-5-7-14(17-3)8-6-13/h4-8,15H,1,9-12H2,2-3H3. The number of methoxy groups -OCH3 is 1. The number of hydrogen-bond donors (Lipinski definition) is 1. The van der Waals surface area contributed by atoms with Crippen molar-refractivity contribution < 1.29 is 4.74 Å². The third-order valence-electron chi connectivity index (χ3n) is 2.57. The third kappa shape index (κ3) is 5.52. The maximum Gasteiger partial charge on any atom is 0.118 e. The fourth-order valence-electron chi connectivity index (χ4n) is 1.60. The van der Waals surface area contributed by atoms with Crippen LogP contribution < -0.4 is 10.1 Å². The minimum Gasteiger partial charge on any atom is -0.497 e. The van der Waals surface area contributed by atoms with Gasteiger partial charge in [-0.3, -0.25) is 0 Å². The highest BCUT2D eigenvalue weighted by molar-refractivity contribution is 5.26. The molecule has 1 aromatic rings. The molecule has 0 unspecified atom stereocenters. The van der Waals surface area contributed by atoms with Crippen LogP contribution in [-0.4, -0.2) is 38.7 Å². The fraction of sp³-hybridized carbons (Fsp3) is 0.429. The maximum absolute atomic E-state index is 5.13. The molecule has 1 rings (SSSR count). The lowest BCUT2D eigenvalue weighted by molar-refractivity contribution is 0.326. The summed E-state index contributed by atoms with van der Waals surface area (Å²) in [6, 6.07) is 8.21. The summed E-state index contributed by atoms with van der Waals surface area (Å²) in [6.07, 6.45) is 1.88. The molecule has 0 atom stereocenters. The highest BCUT2D eigenvalue weighted by Gasteiger charge is 2.00. The first-order valence-corrected chi connectivity index (χ1v) is 5.89. The van der Waals surface area contributed by atoms with Crippen LogP contribution in [0.4, 0.5) is 0 Å². The van der Waals surface area contributed by atoms with Gasteiger partial charge in [-0.1, -0.05) is 18.2 Å². The van der Waals surface area contributed by atoms with Crippen molar-refractivity contribution in [2.24, 2.45) is 0 Å². The highest BCUT2D eigenvalue weighted by atomic mass is 16.5. The lowest BCUT2D eigenvalue weighted by atomic mass is 10.2. The highest BCUT2D eigenvalue weighted by Crippen LogP contribution is 2.12. The normalized spacial score (nSPS) is 10.5. The van der Waals surface area contributed by atoms with E-state index >= 15 is 0 Å². The summed E-state index contributed by atoms with van der Waals surface area (Å²) in [4.78, 5) is 2.29. The van der Waals surface area contributed by atoms with Gasteiger partial charge in [0.15, 0.2) is 0 Å². The molecule has 1 aromatic carbocycles. The van der Waals surface area contributed by atoms with Gasteiger partial charge in [0.1, 0.15) is 5.75 Å². The molecule has 94 valence electrons. The smallest absolute Gasteiger partial charge is 0.118 e. The molecule has 0 saturated heterocycles. The first-order chi connectivity index (χ1) is 8.26. The molecule has 0 aliphatic carbocycles. The van der Waals surface area contributed by atoms with Crippen molar-refractivity contribution in [3.8, 4) is 5.75 Å². The van der Waals surface area contributed by atoms with Crippen LogP contribution in [0.3, 0.4) is 0 Å². The Bertz CT molecular complexity index is 321. The summed E-state index contributed by atoms with van der Waals surface area (Å²) in [6.45, 7) is 7.52. The van der Waals surface area contributed by atoms with E-state index in [9.17, 15) is 0 Å². The minimum atomic E-state index is 0.871. The van der Waals surface area contributed by atoms with Gasteiger partial charge in [-0.05, 0) is 24.7 Å². The fourth-order valence-corrected chi connectivity index (χ4v) is 1.60. The van der Waals surface area contributed by atoms with Gasteiger partial charge in [0.2, 0.25) is 0 Å². The van der Waals surface area contributed by atoms with Crippen LogP contribution >= 0.6 is 0 Å². The number of ether oxygens (including phenoxy) is 1. The molecule has 0 heterocycles. The van der Waals surface area contributed by atoms with Crippen LogP contribution in [0.2, 0.25) is 0 Å². The lowest BCUT2D eigenvalue weighted by Crippen LogP contribution is -2.28. The summed E-state index contributed by atoms with van der Waals surface area (Å²) in [5.41, 5.74) is 1.30. The Morgan fingerprint density at radius 1 is 1.35 bits per heavy atom. The summed E-state index contributed by atoms with van der Waals surface area (Å²) in [5.74, 6) is 0.907. The quantitative estimate of drug-likeness (QED) is 0.549. The molecule has 0 radical (unpaired) electrons. The number of rotatable bonds is 8. The topological polar surface area (TPSA) is 24.5 Å². The van der Waals surface area contributed by atoms with Gasteiger partial charge in [0.05, 0.1) is 7.11 Å². The van der Waals surface area contributed by atoms with E-state index in [-0.39, 0.29) is 0 Å². The second-order valence-electron chi connectivity index (χ2n) is 4.08. The second-order valence-corrected chi connectivity index (χ2v) is 4.08. The van der Waals surface area contributed by atoms with E-state index in [1.807, 2.05) is 18.2 Å². The monoisotopic (exact) mass is 234 g/mol. The number of benzene rings is 1. The molecule has 0 aliphatic rings. The van der Waals surface area contributed by atoms with Gasteiger partial charge in [-0.25, -0.2) is 0 Å². The first-order valence-electron chi connectivity index (χ1n) is 5.89. The van der Waals surface area contributed by atoms with E-state index in [1.54, 1.807) is 7.11 Å². The molecule has 0 fully saturated rings. The van der Waals surface area contributed by atoms with E-state index in [0.717, 1.165) is 31.9 Å². The molecule has 3 nitrogen and oxygen atoms in total. The van der Waals surface area contributed by atoms with Gasteiger partial charge >= 0.3 is 0 Å². The Labute approximate surface area is 104 Å². The summed E-state index contributed by atoms with van der Waals surface area (Å²) in [7, 11) is 3.81. The predicted octanol–water partition coefficient (Wildman–Crippen LogP) is 1.90. The van der Waals surface area contributed by atoms with Crippen molar-refractivity contribution in [3.05, 3.63) is 42.5 Å². The molecule has 0 aromatic heterocycles. The minimum absolute atomic E-state index is 0.871. The zero-order valence-corrected chi connectivity index (χ0v) is 10.8. The average molecular weight is 234 g/mol. The molecule has 0 bridgehead atoms. The summed E-state index contributed by atoms with van der Waals surface area (Å²) >= 11 is 0. The number of likely N-dealkylation sites (N-methyl/N-ethyl adjacent to an activating group) is 1. The van der Waals surface area contributed by atoms with Crippen LogP contribution in [0.1, 0.15) is 5.56 Å². The molecule has 0 amide bonds. The number of nitrogens with one attached hydrogen (secondary N) is 1. The summed E-state index contributed by atoms with van der Waals surface area (Å²) in [5, 5.41) is 3.29. The molecular weight excluding hydrogens is 212 g/mol. The first kappa shape index (κ1) is 13.7. The van der Waals surface area contributed by atoms with Crippen molar-refractivity contribution in [1.82, 2.24) is 10.2 Å². The van der Waals surface area contributed by atoms with Crippen molar-refractivity contribution >= 4 is 0 Å². The Kier molecular flexibility index (Phi) is 6.37. The third-order valence-corrected chi connectivity index (χ3v) is 2.57. The second kappa shape index (κ2) is 7.87. The Morgan fingerprint density at radius 3 is 2.65 bits per heavy atom. The van der Waals surface area contributed by atoms with Crippen molar-refractivity contribution in [2.45, 2.75) is 6.54 Å². The maximum atomic E-state index is 5.13. The SMILES string of the molecule is C=CCNCCN(C)Cc1ccc(OC)cc1. The summed E-state index contributed by atoms with van der Waals surface area (Å²) < 4.78 is 5.13. The van der Waals surface area contributed by atoms with E-state index in [4.69, 9.17) is 4.74 Å². The van der Waals surface area contributed by atoms with E-state index in [2.05, 4.69) is 36.0 Å². The molecule has 1 N–H and O–H groups in total. The van der Waals surface area contributed by atoms with E-state index in [0.29, 0.717) is 0 Å². The Balaban J connectivity index is 2.29. The van der Waals surface area contributed by atoms with E-state index in [1.165, 1.54) is 5.56 Å². The average Bonchev–Trinajstić information content (AvgIpc) is 2.36. The van der Waals surface area contributed by atoms with E-state index < -0.39 is 0 Å². The van der Waals surface area contributed by atoms with Gasteiger partial charge in [0, 0.05) is 26.2 Å². The van der Waals surface area contributed by atoms with Crippen molar-refractivity contribution in [3.63, 3.8) is 0 Å². The van der Waals surface area contributed by atoms with Crippen LogP contribution in [-0.2, 0) is 6.54 Å². The molecule has 0 aliphatic heterocycles. The number of nitrogens with zero attached hydrogens (tertiary/aromatic N) is 1. The van der Waals surface area contributed by atoms with Gasteiger partial charge in [-0.2, -0.15) is 0 Å². The van der Waals surface area contributed by atoms with Gasteiger partial charge < -0.3 is 15.0 Å². The molecule has 0 spiro atoms. The molecular formula is C14H22N2O. The molecule has 3 heteroatoms. The molecule has 0 saturated carbocycles. The van der Waals surface area contributed by atoms with Crippen LogP contribution in [0.15, 0.2) is 36.9 Å². The van der Waals surface area contributed by atoms with Gasteiger partial charge in [-0.15, -0.1) is 6.58 Å². The largest absolute Gasteiger partial charge is 0.497 e. The van der Waals surface area contributed by atoms with Crippen molar-refractivity contribution in [2.75, 3.05) is 33.8 Å². The van der Waals surface area contributed by atoms with Crippen LogP contribution in [0.5, 0.6) is 5.75 Å². The molecule has 17 heavy (non-hydrogen) atoms. The van der Waals surface area contributed by atoms with Crippen LogP contribution in [0.25, 0.3) is 0 Å². The predicted molar refractivity (Wildman–Crippen MR) is 72.4 cm³/mol. The Morgan fingerprint density at radius 2 is 2.06 bits per heavy atom. The number of hydrogen-bond acceptors (Lipinski definition) is 3. The zero-order chi connectivity index (χ0) is 12.5. The Hall–Kier alpha value is -1.32. The van der Waals surface area contributed by atoms with Gasteiger partial charge in [0.25, 0.3) is 0 Å². The van der Waals surface area contributed by atoms with Crippen molar-refractivity contribution in [1.29, 1.82) is 0 Å². The zero-order valence-electron chi connectivity index (χ0n) is 10.8. The lowest BCUT2D eigenvalue weighted by Gasteiger charge is -2.16. The van der Waals surface area contributed by atoms with Crippen LogP contribution in [0, 0.1) is 0 Å².